The van der Waals surface area contributed by atoms with E-state index < -0.39 is 35.7 Å². The average molecular weight is 516 g/mol. The number of nitrogens with zero attached hydrogens (tertiary/aromatic N) is 3. The highest BCUT2D eigenvalue weighted by atomic mass is 79.9. The third-order valence-electron chi connectivity index (χ3n) is 4.10. The highest BCUT2D eigenvalue weighted by Gasteiger charge is 2.35. The number of halogens is 4. The molecule has 0 atom stereocenters. The summed E-state index contributed by atoms with van der Waals surface area (Å²) in [5, 5.41) is 8.78. The van der Waals surface area contributed by atoms with Crippen LogP contribution in [0.25, 0.3) is 5.69 Å². The molecule has 0 radical (unpaired) electrons. The van der Waals surface area contributed by atoms with Gasteiger partial charge >= 0.3 is 17.8 Å². The topological polar surface area (TPSA) is 113 Å². The fourth-order valence-electron chi connectivity index (χ4n) is 2.66. The van der Waals surface area contributed by atoms with Crippen molar-refractivity contribution in [2.75, 3.05) is 6.61 Å². The Morgan fingerprint density at radius 3 is 2.53 bits per heavy atom. The SMILES string of the molecule is Cn1c(C(F)(F)F)cc(=O)n(-c2ccc(Br)c(Oc3ccncc3OCC(=O)O)c2)c1=O. The van der Waals surface area contributed by atoms with Gasteiger partial charge in [0.2, 0.25) is 0 Å². The van der Waals surface area contributed by atoms with Gasteiger partial charge < -0.3 is 14.6 Å². The van der Waals surface area contributed by atoms with E-state index in [1.54, 1.807) is 0 Å². The lowest BCUT2D eigenvalue weighted by Crippen LogP contribution is -2.40. The van der Waals surface area contributed by atoms with Gasteiger partial charge in [0, 0.05) is 31.4 Å². The van der Waals surface area contributed by atoms with Gasteiger partial charge in [0.15, 0.2) is 18.1 Å². The molecular weight excluding hydrogens is 503 g/mol. The summed E-state index contributed by atoms with van der Waals surface area (Å²) in [6.07, 6.45) is -2.29. The Labute approximate surface area is 185 Å². The number of hydrogen-bond acceptors (Lipinski definition) is 6. The highest BCUT2D eigenvalue weighted by molar-refractivity contribution is 9.10. The molecule has 2 heterocycles. The van der Waals surface area contributed by atoms with E-state index >= 15 is 0 Å². The minimum atomic E-state index is -4.88. The number of aliphatic carboxylic acids is 1. The van der Waals surface area contributed by atoms with Crippen LogP contribution in [0.5, 0.6) is 17.2 Å². The molecule has 1 N–H and O–H groups in total. The first-order valence-electron chi connectivity index (χ1n) is 8.65. The average Bonchev–Trinajstić information content (AvgIpc) is 2.71. The van der Waals surface area contributed by atoms with E-state index in [1.807, 2.05) is 0 Å². The van der Waals surface area contributed by atoms with Gasteiger partial charge in [-0.2, -0.15) is 13.2 Å². The van der Waals surface area contributed by atoms with Crippen LogP contribution in [0.1, 0.15) is 5.69 Å². The molecule has 0 fully saturated rings. The van der Waals surface area contributed by atoms with Gasteiger partial charge in [-0.25, -0.2) is 14.2 Å². The molecule has 2 aromatic heterocycles. The Kier molecular flexibility index (Phi) is 6.39. The van der Waals surface area contributed by atoms with Crippen LogP contribution in [0, 0.1) is 0 Å². The Balaban J connectivity index is 2.05. The Bertz CT molecular complexity index is 1300. The predicted octanol–water partition coefficient (Wildman–Crippen LogP) is 2.97. The molecule has 0 aliphatic heterocycles. The van der Waals surface area contributed by atoms with Crippen molar-refractivity contribution in [2.45, 2.75) is 6.18 Å². The van der Waals surface area contributed by atoms with E-state index in [-0.39, 0.29) is 22.9 Å². The molecule has 3 aromatic rings. The van der Waals surface area contributed by atoms with Crippen molar-refractivity contribution in [1.82, 2.24) is 14.1 Å². The molecule has 3 rings (SSSR count). The maximum absolute atomic E-state index is 13.1. The zero-order valence-corrected chi connectivity index (χ0v) is 17.7. The summed E-state index contributed by atoms with van der Waals surface area (Å²) < 4.78 is 51.3. The van der Waals surface area contributed by atoms with E-state index in [2.05, 4.69) is 20.9 Å². The predicted molar refractivity (Wildman–Crippen MR) is 107 cm³/mol. The summed E-state index contributed by atoms with van der Waals surface area (Å²) in [6.45, 7) is -0.653. The van der Waals surface area contributed by atoms with E-state index in [4.69, 9.17) is 14.6 Å². The zero-order chi connectivity index (χ0) is 23.6. The van der Waals surface area contributed by atoms with Crippen LogP contribution in [0.3, 0.4) is 0 Å². The standard InChI is InChI=1S/C19H13BrF3N3O6/c1-25-15(19(21,22)23)7-16(27)26(18(25)30)10-2-3-11(20)13(6-10)32-12-4-5-24-8-14(12)31-9-17(28)29/h2-8H,9H2,1H3,(H,28,29). The molecule has 9 nitrogen and oxygen atoms in total. The van der Waals surface area contributed by atoms with Gasteiger partial charge in [-0.05, 0) is 28.1 Å². The van der Waals surface area contributed by atoms with Crippen LogP contribution in [0.15, 0.2) is 56.8 Å². The largest absolute Gasteiger partial charge is 0.479 e. The molecule has 0 bridgehead atoms. The molecule has 0 saturated heterocycles. The van der Waals surface area contributed by atoms with Gasteiger partial charge in [0.25, 0.3) is 5.56 Å². The van der Waals surface area contributed by atoms with Crippen molar-refractivity contribution in [3.63, 3.8) is 0 Å². The van der Waals surface area contributed by atoms with Crippen molar-refractivity contribution in [3.8, 4) is 22.9 Å². The molecule has 1 aromatic carbocycles. The Hall–Kier alpha value is -3.61. The van der Waals surface area contributed by atoms with Crippen molar-refractivity contribution < 1.29 is 32.5 Å². The number of pyridine rings is 1. The molecule has 0 amide bonds. The summed E-state index contributed by atoms with van der Waals surface area (Å²) in [7, 11) is 0.903. The monoisotopic (exact) mass is 515 g/mol. The maximum Gasteiger partial charge on any atom is 0.431 e. The lowest BCUT2D eigenvalue weighted by Gasteiger charge is -2.15. The molecule has 0 aliphatic carbocycles. The zero-order valence-electron chi connectivity index (χ0n) is 16.1. The van der Waals surface area contributed by atoms with E-state index in [0.29, 0.717) is 19.7 Å². The summed E-state index contributed by atoms with van der Waals surface area (Å²) in [4.78, 5) is 39.4. The number of carboxylic acids is 1. The van der Waals surface area contributed by atoms with E-state index in [0.717, 1.165) is 7.05 Å². The lowest BCUT2D eigenvalue weighted by atomic mass is 10.3. The smallest absolute Gasteiger partial charge is 0.431 e. The number of hydrogen-bond donors (Lipinski definition) is 1. The second kappa shape index (κ2) is 8.86. The molecular formula is C19H13BrF3N3O6. The third-order valence-corrected chi connectivity index (χ3v) is 4.76. The molecule has 0 saturated carbocycles. The van der Waals surface area contributed by atoms with Gasteiger partial charge in [0.05, 0.1) is 16.4 Å². The number of carbonyl (C=O) groups is 1. The van der Waals surface area contributed by atoms with Crippen molar-refractivity contribution in [1.29, 1.82) is 0 Å². The first-order chi connectivity index (χ1) is 15.0. The molecule has 0 unspecified atom stereocenters. The molecule has 32 heavy (non-hydrogen) atoms. The summed E-state index contributed by atoms with van der Waals surface area (Å²) in [5.41, 5.74) is -3.81. The number of aromatic nitrogens is 3. The first kappa shape index (κ1) is 23.1. The third kappa shape index (κ3) is 4.82. The second-order valence-corrected chi connectivity index (χ2v) is 7.12. The van der Waals surface area contributed by atoms with Gasteiger partial charge in [-0.15, -0.1) is 0 Å². The van der Waals surface area contributed by atoms with Crippen LogP contribution >= 0.6 is 15.9 Å². The molecule has 0 aliphatic rings. The van der Waals surface area contributed by atoms with Crippen LogP contribution in [0.4, 0.5) is 13.2 Å². The van der Waals surface area contributed by atoms with E-state index in [9.17, 15) is 27.6 Å². The lowest BCUT2D eigenvalue weighted by molar-refractivity contribution is -0.144. The Morgan fingerprint density at radius 1 is 1.16 bits per heavy atom. The minimum absolute atomic E-state index is 0.00909. The number of carboxylic acid groups (broad SMARTS) is 1. The highest BCUT2D eigenvalue weighted by Crippen LogP contribution is 2.35. The van der Waals surface area contributed by atoms with E-state index in [1.165, 1.54) is 36.7 Å². The summed E-state index contributed by atoms with van der Waals surface area (Å²) in [6, 6.07) is 5.72. The molecule has 168 valence electrons. The van der Waals surface area contributed by atoms with Crippen LogP contribution < -0.4 is 20.7 Å². The second-order valence-electron chi connectivity index (χ2n) is 6.26. The van der Waals surface area contributed by atoms with Crippen LogP contribution in [0.2, 0.25) is 0 Å². The van der Waals surface area contributed by atoms with Gasteiger partial charge in [0.1, 0.15) is 11.4 Å². The van der Waals surface area contributed by atoms with Crippen molar-refractivity contribution in [3.05, 3.63) is 73.7 Å². The fourth-order valence-corrected chi connectivity index (χ4v) is 2.99. The normalized spacial score (nSPS) is 11.3. The van der Waals surface area contributed by atoms with Crippen LogP contribution in [-0.4, -0.2) is 31.8 Å². The van der Waals surface area contributed by atoms with Crippen molar-refractivity contribution in [2.24, 2.45) is 7.05 Å². The first-order valence-corrected chi connectivity index (χ1v) is 9.45. The molecule has 13 heteroatoms. The fraction of sp³-hybridized carbons (Fsp3) is 0.158. The quantitative estimate of drug-likeness (QED) is 0.536. The summed E-state index contributed by atoms with van der Waals surface area (Å²) in [5.74, 6) is -1.06. The van der Waals surface area contributed by atoms with Crippen molar-refractivity contribution >= 4 is 21.9 Å². The number of rotatable bonds is 6. The van der Waals surface area contributed by atoms with Crippen LogP contribution in [-0.2, 0) is 18.0 Å². The Morgan fingerprint density at radius 2 is 1.88 bits per heavy atom. The van der Waals surface area contributed by atoms with Gasteiger partial charge in [-0.3, -0.25) is 14.3 Å². The number of ether oxygens (including phenoxy) is 2. The maximum atomic E-state index is 13.1. The summed E-state index contributed by atoms with van der Waals surface area (Å²) >= 11 is 3.24. The number of alkyl halides is 3. The van der Waals surface area contributed by atoms with Gasteiger partial charge in [-0.1, -0.05) is 0 Å². The number of benzene rings is 1. The minimum Gasteiger partial charge on any atom is -0.479 e. The molecule has 0 spiro atoms.